The lowest BCUT2D eigenvalue weighted by atomic mass is 10.2. The van der Waals surface area contributed by atoms with Crippen molar-refractivity contribution in [3.05, 3.63) is 59.9 Å². The molecule has 0 heterocycles. The van der Waals surface area contributed by atoms with Crippen LogP contribution in [0.2, 0.25) is 0 Å². The van der Waals surface area contributed by atoms with E-state index in [1.54, 1.807) is 6.07 Å². The summed E-state index contributed by atoms with van der Waals surface area (Å²) < 4.78 is 13.0. The van der Waals surface area contributed by atoms with Crippen LogP contribution in [0.25, 0.3) is 0 Å². The van der Waals surface area contributed by atoms with Gasteiger partial charge in [0.05, 0.1) is 0 Å². The summed E-state index contributed by atoms with van der Waals surface area (Å²) in [5.74, 6) is -0.651. The Morgan fingerprint density at radius 1 is 1.14 bits per heavy atom. The van der Waals surface area contributed by atoms with E-state index in [0.29, 0.717) is 5.69 Å². The Labute approximate surface area is 128 Å². The summed E-state index contributed by atoms with van der Waals surface area (Å²) in [4.78, 5) is 15.7. The van der Waals surface area contributed by atoms with E-state index in [4.69, 9.17) is 5.73 Å². The maximum atomic E-state index is 13.0. The van der Waals surface area contributed by atoms with Gasteiger partial charge in [-0.2, -0.15) is 0 Å². The molecule has 2 aromatic carbocycles. The molecular formula is C16H17FN4O. The van der Waals surface area contributed by atoms with Crippen LogP contribution in [0.4, 0.5) is 15.8 Å². The molecule has 2 aromatic rings. The second-order valence-corrected chi connectivity index (χ2v) is 4.75. The van der Waals surface area contributed by atoms with Crippen molar-refractivity contribution < 1.29 is 9.18 Å². The molecule has 0 spiro atoms. The molecule has 0 saturated carbocycles. The van der Waals surface area contributed by atoms with Crippen molar-refractivity contribution >= 4 is 23.2 Å². The Kier molecular flexibility index (Phi) is 5.08. The number of carbonyl (C=O) groups is 1. The number of aliphatic imine (C=N–C) groups is 1. The van der Waals surface area contributed by atoms with Crippen LogP contribution in [-0.2, 0) is 4.79 Å². The van der Waals surface area contributed by atoms with E-state index in [-0.39, 0.29) is 18.4 Å². The second-order valence-electron chi connectivity index (χ2n) is 4.75. The number of amides is 1. The van der Waals surface area contributed by atoms with Gasteiger partial charge in [0.25, 0.3) is 0 Å². The quantitative estimate of drug-likeness (QED) is 0.599. The number of aryl methyl sites for hydroxylation is 1. The van der Waals surface area contributed by atoms with Gasteiger partial charge in [0, 0.05) is 11.4 Å². The van der Waals surface area contributed by atoms with Crippen molar-refractivity contribution in [3.63, 3.8) is 0 Å². The molecule has 0 aliphatic rings. The molecule has 0 aromatic heterocycles. The molecule has 22 heavy (non-hydrogen) atoms. The van der Waals surface area contributed by atoms with Gasteiger partial charge in [-0.3, -0.25) is 4.79 Å². The van der Waals surface area contributed by atoms with Gasteiger partial charge in [0.15, 0.2) is 5.96 Å². The average Bonchev–Trinajstić information content (AvgIpc) is 2.45. The van der Waals surface area contributed by atoms with Crippen LogP contribution in [0.3, 0.4) is 0 Å². The Hall–Kier alpha value is -2.89. The third-order valence-electron chi connectivity index (χ3n) is 2.79. The van der Waals surface area contributed by atoms with Gasteiger partial charge in [0.2, 0.25) is 5.91 Å². The number of nitrogens with two attached hydrogens (primary N) is 1. The molecule has 0 aliphatic heterocycles. The molecule has 0 radical (unpaired) electrons. The minimum atomic E-state index is -0.415. The minimum absolute atomic E-state index is 0.139. The number of nitrogens with one attached hydrogen (secondary N) is 2. The van der Waals surface area contributed by atoms with Crippen molar-refractivity contribution in [2.24, 2.45) is 10.7 Å². The molecule has 0 fully saturated rings. The van der Waals surface area contributed by atoms with Crippen molar-refractivity contribution in [1.29, 1.82) is 0 Å². The molecule has 4 N–H and O–H groups in total. The Morgan fingerprint density at radius 3 is 2.50 bits per heavy atom. The van der Waals surface area contributed by atoms with Gasteiger partial charge in [-0.1, -0.05) is 18.2 Å². The molecule has 2 rings (SSSR count). The fourth-order valence-corrected chi connectivity index (χ4v) is 1.83. The number of anilines is 2. The lowest BCUT2D eigenvalue weighted by Gasteiger charge is -2.07. The van der Waals surface area contributed by atoms with Crippen molar-refractivity contribution in [3.8, 4) is 0 Å². The molecule has 0 unspecified atom stereocenters. The first-order valence-electron chi connectivity index (χ1n) is 6.72. The summed E-state index contributed by atoms with van der Waals surface area (Å²) >= 11 is 0. The summed E-state index contributed by atoms with van der Waals surface area (Å²) in [5.41, 5.74) is 7.98. The molecule has 5 nitrogen and oxygen atoms in total. The van der Waals surface area contributed by atoms with E-state index >= 15 is 0 Å². The molecule has 6 heteroatoms. The number of hydrogen-bond donors (Lipinski definition) is 3. The highest BCUT2D eigenvalue weighted by Crippen LogP contribution is 2.09. The average molecular weight is 300 g/mol. The van der Waals surface area contributed by atoms with E-state index in [0.717, 1.165) is 11.3 Å². The van der Waals surface area contributed by atoms with Crippen LogP contribution in [0.15, 0.2) is 53.5 Å². The van der Waals surface area contributed by atoms with E-state index in [9.17, 15) is 9.18 Å². The summed E-state index contributed by atoms with van der Waals surface area (Å²) in [6.45, 7) is 1.81. The first-order valence-corrected chi connectivity index (χ1v) is 6.72. The third-order valence-corrected chi connectivity index (χ3v) is 2.79. The molecule has 0 bridgehead atoms. The van der Waals surface area contributed by atoms with E-state index in [1.165, 1.54) is 18.2 Å². The topological polar surface area (TPSA) is 79.5 Å². The highest BCUT2D eigenvalue weighted by Gasteiger charge is 2.03. The lowest BCUT2D eigenvalue weighted by molar-refractivity contribution is -0.114. The van der Waals surface area contributed by atoms with Crippen molar-refractivity contribution in [2.45, 2.75) is 6.92 Å². The number of rotatable bonds is 4. The fraction of sp³-hybridized carbons (Fsp3) is 0.125. The van der Waals surface area contributed by atoms with Gasteiger partial charge in [-0.25, -0.2) is 9.38 Å². The Morgan fingerprint density at radius 2 is 1.82 bits per heavy atom. The summed E-state index contributed by atoms with van der Waals surface area (Å²) in [5, 5.41) is 5.44. The molecule has 0 atom stereocenters. The highest BCUT2D eigenvalue weighted by atomic mass is 19.1. The van der Waals surface area contributed by atoms with Gasteiger partial charge in [-0.15, -0.1) is 0 Å². The Bertz CT molecular complexity index is 700. The van der Waals surface area contributed by atoms with Crippen molar-refractivity contribution in [1.82, 2.24) is 0 Å². The number of benzene rings is 2. The first-order chi connectivity index (χ1) is 10.5. The van der Waals surface area contributed by atoms with E-state index in [1.807, 2.05) is 31.2 Å². The second kappa shape index (κ2) is 7.21. The van der Waals surface area contributed by atoms with Crippen LogP contribution in [0.1, 0.15) is 5.56 Å². The maximum Gasteiger partial charge on any atom is 0.246 e. The number of hydrogen-bond acceptors (Lipinski definition) is 2. The van der Waals surface area contributed by atoms with Gasteiger partial charge in [-0.05, 0) is 42.8 Å². The molecule has 0 saturated heterocycles. The predicted octanol–water partition coefficient (Wildman–Crippen LogP) is 2.50. The summed E-state index contributed by atoms with van der Waals surface area (Å²) in [6.07, 6.45) is 0. The molecule has 1 amide bonds. The number of nitrogens with zero attached hydrogens (tertiary/aromatic N) is 1. The smallest absolute Gasteiger partial charge is 0.246 e. The van der Waals surface area contributed by atoms with Crippen LogP contribution in [0.5, 0.6) is 0 Å². The number of halogens is 1. The van der Waals surface area contributed by atoms with E-state index in [2.05, 4.69) is 15.6 Å². The molecule has 0 aliphatic carbocycles. The summed E-state index contributed by atoms with van der Waals surface area (Å²) in [6, 6.07) is 13.3. The van der Waals surface area contributed by atoms with Crippen LogP contribution >= 0.6 is 0 Å². The molecular weight excluding hydrogens is 283 g/mol. The van der Waals surface area contributed by atoms with Crippen LogP contribution < -0.4 is 16.4 Å². The zero-order valence-electron chi connectivity index (χ0n) is 12.1. The zero-order valence-corrected chi connectivity index (χ0v) is 12.1. The van der Waals surface area contributed by atoms with Gasteiger partial charge < -0.3 is 16.4 Å². The predicted molar refractivity (Wildman–Crippen MR) is 86.3 cm³/mol. The summed E-state index contributed by atoms with van der Waals surface area (Å²) in [7, 11) is 0. The number of carbonyl (C=O) groups excluding carboxylic acids is 1. The van der Waals surface area contributed by atoms with E-state index < -0.39 is 5.82 Å². The highest BCUT2D eigenvalue weighted by molar-refractivity contribution is 5.97. The fourth-order valence-electron chi connectivity index (χ4n) is 1.83. The maximum absolute atomic E-state index is 13.0. The monoisotopic (exact) mass is 300 g/mol. The lowest BCUT2D eigenvalue weighted by Crippen LogP contribution is -2.25. The first kappa shape index (κ1) is 15.5. The third kappa shape index (κ3) is 4.90. The largest absolute Gasteiger partial charge is 0.370 e. The standard InChI is InChI=1S/C16H17FN4O/c1-11-4-2-6-13(8-11)21-16(18)19-10-15(22)20-14-7-3-5-12(17)9-14/h2-9H,10H2,1H3,(H,20,22)(H3,18,19,21). The van der Waals surface area contributed by atoms with Crippen LogP contribution in [0, 0.1) is 12.7 Å². The van der Waals surface area contributed by atoms with Gasteiger partial charge >= 0.3 is 0 Å². The zero-order chi connectivity index (χ0) is 15.9. The Balaban J connectivity index is 1.89. The normalized spacial score (nSPS) is 11.1. The molecule has 114 valence electrons. The van der Waals surface area contributed by atoms with Crippen molar-refractivity contribution in [2.75, 3.05) is 17.2 Å². The van der Waals surface area contributed by atoms with Crippen LogP contribution in [-0.4, -0.2) is 18.4 Å². The minimum Gasteiger partial charge on any atom is -0.370 e. The number of guanidine groups is 1. The SMILES string of the molecule is Cc1cccc(NC(N)=NCC(=O)Nc2cccc(F)c2)c1. The van der Waals surface area contributed by atoms with Gasteiger partial charge in [0.1, 0.15) is 12.4 Å².